The van der Waals surface area contributed by atoms with Gasteiger partial charge in [-0.05, 0) is 48.9 Å². The molecule has 7 heteroatoms. The Morgan fingerprint density at radius 1 is 1.00 bits per heavy atom. The van der Waals surface area contributed by atoms with Gasteiger partial charge >= 0.3 is 0 Å². The molecule has 0 radical (unpaired) electrons. The van der Waals surface area contributed by atoms with Gasteiger partial charge in [-0.3, -0.25) is 9.59 Å². The van der Waals surface area contributed by atoms with Crippen LogP contribution in [0.1, 0.15) is 21.7 Å². The molecule has 0 saturated carbocycles. The van der Waals surface area contributed by atoms with E-state index in [1.54, 1.807) is 24.3 Å². The number of benzene rings is 3. The molecule has 4 rings (SSSR count). The van der Waals surface area contributed by atoms with Gasteiger partial charge in [-0.25, -0.2) is 4.98 Å². The maximum atomic E-state index is 12.7. The number of rotatable bonds is 6. The zero-order chi connectivity index (χ0) is 21.8. The number of halogens is 1. The molecule has 0 fully saturated rings. The smallest absolute Gasteiger partial charge is 0.253 e. The highest BCUT2D eigenvalue weighted by molar-refractivity contribution is 6.33. The van der Waals surface area contributed by atoms with Gasteiger partial charge in [0.15, 0.2) is 0 Å². The summed E-state index contributed by atoms with van der Waals surface area (Å²) >= 11 is 6.12. The van der Waals surface area contributed by atoms with E-state index >= 15 is 0 Å². The minimum Gasteiger partial charge on any atom is -0.345 e. The third-order valence-electron chi connectivity index (χ3n) is 4.86. The maximum Gasteiger partial charge on any atom is 0.253 e. The zero-order valence-electron chi connectivity index (χ0n) is 16.9. The molecule has 1 heterocycles. The Morgan fingerprint density at radius 3 is 2.58 bits per heavy atom. The molecule has 0 aliphatic carbocycles. The second kappa shape index (κ2) is 9.02. The van der Waals surface area contributed by atoms with Gasteiger partial charge in [0.1, 0.15) is 12.4 Å². The first-order valence-electron chi connectivity index (χ1n) is 9.84. The number of aromatic nitrogens is 2. The number of anilines is 1. The van der Waals surface area contributed by atoms with Crippen LogP contribution in [-0.4, -0.2) is 21.4 Å². The lowest BCUT2D eigenvalue weighted by molar-refractivity contribution is -0.116. The summed E-state index contributed by atoms with van der Waals surface area (Å²) in [5.41, 5.74) is 3.78. The van der Waals surface area contributed by atoms with Gasteiger partial charge < -0.3 is 15.2 Å². The van der Waals surface area contributed by atoms with E-state index in [-0.39, 0.29) is 24.9 Å². The van der Waals surface area contributed by atoms with Crippen molar-refractivity contribution in [1.29, 1.82) is 0 Å². The predicted molar refractivity (Wildman–Crippen MR) is 122 cm³/mol. The Kier molecular flexibility index (Phi) is 6.00. The predicted octanol–water partition coefficient (Wildman–Crippen LogP) is 4.57. The van der Waals surface area contributed by atoms with Crippen molar-refractivity contribution < 1.29 is 9.59 Å². The van der Waals surface area contributed by atoms with E-state index in [9.17, 15) is 9.59 Å². The van der Waals surface area contributed by atoms with E-state index in [1.165, 1.54) is 0 Å². The highest BCUT2D eigenvalue weighted by Crippen LogP contribution is 2.18. The summed E-state index contributed by atoms with van der Waals surface area (Å²) in [5.74, 6) is 0.113. The van der Waals surface area contributed by atoms with Crippen LogP contribution in [0.2, 0.25) is 5.02 Å². The average molecular weight is 433 g/mol. The van der Waals surface area contributed by atoms with Crippen molar-refractivity contribution in [2.45, 2.75) is 20.0 Å². The van der Waals surface area contributed by atoms with Crippen LogP contribution in [-0.2, 0) is 17.9 Å². The van der Waals surface area contributed by atoms with Crippen LogP contribution in [0, 0.1) is 6.92 Å². The summed E-state index contributed by atoms with van der Waals surface area (Å²) in [6.45, 7) is 2.21. The van der Waals surface area contributed by atoms with Crippen molar-refractivity contribution in [3.63, 3.8) is 0 Å². The van der Waals surface area contributed by atoms with E-state index < -0.39 is 0 Å². The molecule has 0 bridgehead atoms. The Balaban J connectivity index is 1.55. The van der Waals surface area contributed by atoms with Crippen molar-refractivity contribution in [2.75, 3.05) is 5.32 Å². The third-order valence-corrected chi connectivity index (χ3v) is 5.19. The molecule has 0 atom stereocenters. The molecule has 0 aliphatic heterocycles. The molecule has 4 aromatic rings. The van der Waals surface area contributed by atoms with E-state index in [0.29, 0.717) is 16.4 Å². The van der Waals surface area contributed by atoms with Crippen molar-refractivity contribution in [2.24, 2.45) is 0 Å². The molecule has 3 aromatic carbocycles. The van der Waals surface area contributed by atoms with Gasteiger partial charge in [0, 0.05) is 5.69 Å². The number of hydrogen-bond acceptors (Lipinski definition) is 3. The van der Waals surface area contributed by atoms with Crippen LogP contribution in [0.3, 0.4) is 0 Å². The summed E-state index contributed by atoms with van der Waals surface area (Å²) in [6, 6.07) is 22.0. The minimum atomic E-state index is -0.298. The Morgan fingerprint density at radius 2 is 1.77 bits per heavy atom. The summed E-state index contributed by atoms with van der Waals surface area (Å²) < 4.78 is 1.81. The Labute approximate surface area is 184 Å². The number of nitrogens with one attached hydrogen (secondary N) is 2. The number of amides is 2. The molecule has 0 aliphatic rings. The zero-order valence-corrected chi connectivity index (χ0v) is 17.7. The molecule has 6 nitrogen and oxygen atoms in total. The number of aryl methyl sites for hydroxylation is 1. The Hall–Kier alpha value is -3.64. The lowest BCUT2D eigenvalue weighted by Crippen LogP contribution is -2.26. The fourth-order valence-electron chi connectivity index (χ4n) is 3.40. The number of imidazole rings is 1. The summed E-state index contributed by atoms with van der Waals surface area (Å²) in [7, 11) is 0. The van der Waals surface area contributed by atoms with Gasteiger partial charge in [0.2, 0.25) is 5.91 Å². The van der Waals surface area contributed by atoms with Gasteiger partial charge in [-0.1, -0.05) is 48.0 Å². The largest absolute Gasteiger partial charge is 0.345 e. The third kappa shape index (κ3) is 4.75. The fourth-order valence-corrected chi connectivity index (χ4v) is 3.63. The summed E-state index contributed by atoms with van der Waals surface area (Å²) in [6.07, 6.45) is 0. The Bertz CT molecular complexity index is 1270. The summed E-state index contributed by atoms with van der Waals surface area (Å²) in [5, 5.41) is 6.15. The lowest BCUT2D eigenvalue weighted by Gasteiger charge is -2.11. The van der Waals surface area contributed by atoms with Crippen molar-refractivity contribution >= 4 is 40.1 Å². The number of para-hydroxylation sites is 2. The molecule has 31 heavy (non-hydrogen) atoms. The molecule has 0 saturated heterocycles. The highest BCUT2D eigenvalue weighted by Gasteiger charge is 2.16. The normalized spacial score (nSPS) is 10.8. The molecular formula is C24H21ClN4O2. The van der Waals surface area contributed by atoms with Crippen LogP contribution in [0.15, 0.2) is 72.8 Å². The molecule has 2 amide bonds. The number of nitrogens with zero attached hydrogens (tertiary/aromatic N) is 2. The van der Waals surface area contributed by atoms with Gasteiger partial charge in [-0.15, -0.1) is 0 Å². The number of hydrogen-bond donors (Lipinski definition) is 2. The first-order valence-corrected chi connectivity index (χ1v) is 10.2. The van der Waals surface area contributed by atoms with Crippen LogP contribution < -0.4 is 10.6 Å². The molecular weight excluding hydrogens is 412 g/mol. The van der Waals surface area contributed by atoms with Crippen molar-refractivity contribution in [3.8, 4) is 0 Å². The summed E-state index contributed by atoms with van der Waals surface area (Å²) in [4.78, 5) is 29.9. The fraction of sp³-hybridized carbons (Fsp3) is 0.125. The maximum absolute atomic E-state index is 12.7. The molecule has 156 valence electrons. The average Bonchev–Trinajstić information content (AvgIpc) is 3.09. The van der Waals surface area contributed by atoms with Crippen LogP contribution in [0.25, 0.3) is 11.0 Å². The number of carbonyl (C=O) groups excluding carboxylic acids is 2. The minimum absolute atomic E-state index is 0.0752. The van der Waals surface area contributed by atoms with Gasteiger partial charge in [-0.2, -0.15) is 0 Å². The van der Waals surface area contributed by atoms with E-state index in [0.717, 1.165) is 22.3 Å². The topological polar surface area (TPSA) is 76.0 Å². The number of carbonyl (C=O) groups is 2. The van der Waals surface area contributed by atoms with E-state index in [2.05, 4.69) is 15.6 Å². The quantitative estimate of drug-likeness (QED) is 0.468. The molecule has 1 aromatic heterocycles. The van der Waals surface area contributed by atoms with Gasteiger partial charge in [0.05, 0.1) is 28.2 Å². The monoisotopic (exact) mass is 432 g/mol. The highest BCUT2D eigenvalue weighted by atomic mass is 35.5. The van der Waals surface area contributed by atoms with Crippen LogP contribution in [0.5, 0.6) is 0 Å². The molecule has 0 unspecified atom stereocenters. The van der Waals surface area contributed by atoms with Gasteiger partial charge in [0.25, 0.3) is 5.91 Å². The van der Waals surface area contributed by atoms with E-state index in [4.69, 9.17) is 11.6 Å². The molecule has 0 spiro atoms. The second-order valence-electron chi connectivity index (χ2n) is 7.18. The van der Waals surface area contributed by atoms with Crippen LogP contribution in [0.4, 0.5) is 5.69 Å². The van der Waals surface area contributed by atoms with Crippen molar-refractivity contribution in [3.05, 3.63) is 94.8 Å². The second-order valence-corrected chi connectivity index (χ2v) is 7.59. The first-order chi connectivity index (χ1) is 15.0. The van der Waals surface area contributed by atoms with Crippen LogP contribution >= 0.6 is 11.6 Å². The van der Waals surface area contributed by atoms with E-state index in [1.807, 2.05) is 60.0 Å². The lowest BCUT2D eigenvalue weighted by atomic mass is 10.2. The van der Waals surface area contributed by atoms with Crippen molar-refractivity contribution in [1.82, 2.24) is 14.9 Å². The standard InChI is InChI=1S/C24H21ClN4O2/c1-16-7-6-8-17(13-16)27-23(30)15-29-21-12-5-4-11-20(21)28-22(29)14-26-24(31)18-9-2-3-10-19(18)25/h2-13H,14-15H2,1H3,(H,26,31)(H,27,30). The number of fused-ring (bicyclic) bond motifs is 1. The first kappa shape index (κ1) is 20.6. The molecule has 2 N–H and O–H groups in total. The SMILES string of the molecule is Cc1cccc(NC(=O)Cn2c(CNC(=O)c3ccccc3Cl)nc3ccccc32)c1.